The quantitative estimate of drug-likeness (QED) is 0.187. The summed E-state index contributed by atoms with van der Waals surface area (Å²) >= 11 is 0. The Bertz CT molecular complexity index is 1180. The Balaban J connectivity index is 1.73. The second-order valence-electron chi connectivity index (χ2n) is 8.06. The molecule has 3 aromatic carbocycles. The van der Waals surface area contributed by atoms with Gasteiger partial charge in [0.1, 0.15) is 5.82 Å². The van der Waals surface area contributed by atoms with Crippen LogP contribution in [0, 0.1) is 5.82 Å². The van der Waals surface area contributed by atoms with Gasteiger partial charge in [0.2, 0.25) is 5.91 Å². The molecule has 0 saturated carbocycles. The van der Waals surface area contributed by atoms with Crippen molar-refractivity contribution in [2.24, 2.45) is 11.6 Å². The smallest absolute Gasteiger partial charge is 0.251 e. The molecule has 9 heteroatoms. The summed E-state index contributed by atoms with van der Waals surface area (Å²) in [4.78, 5) is 24.3. The Morgan fingerprint density at radius 3 is 2.44 bits per heavy atom. The van der Waals surface area contributed by atoms with Crippen LogP contribution in [0.3, 0.4) is 0 Å². The molecule has 0 spiro atoms. The van der Waals surface area contributed by atoms with Gasteiger partial charge in [-0.3, -0.25) is 14.8 Å². The van der Waals surface area contributed by atoms with Crippen molar-refractivity contribution in [2.45, 2.75) is 31.8 Å². The number of hydroxylamine groups is 1. The van der Waals surface area contributed by atoms with E-state index in [-0.39, 0.29) is 12.1 Å². The lowest BCUT2D eigenvalue weighted by atomic mass is 9.99. The van der Waals surface area contributed by atoms with Crippen molar-refractivity contribution in [2.75, 3.05) is 0 Å². The number of hydrogen-bond acceptors (Lipinski definition) is 6. The minimum Gasteiger partial charge on any atom is -0.399 e. The van der Waals surface area contributed by atoms with Crippen LogP contribution in [-0.4, -0.2) is 34.1 Å². The Labute approximate surface area is 197 Å². The van der Waals surface area contributed by atoms with Crippen LogP contribution in [0.4, 0.5) is 4.39 Å². The Morgan fingerprint density at radius 2 is 1.76 bits per heavy atom. The van der Waals surface area contributed by atoms with Crippen LogP contribution in [0.5, 0.6) is 0 Å². The van der Waals surface area contributed by atoms with Gasteiger partial charge in [-0.25, -0.2) is 15.7 Å². The molecule has 0 bridgehead atoms. The fourth-order valence-corrected chi connectivity index (χ4v) is 3.53. The summed E-state index contributed by atoms with van der Waals surface area (Å²) in [5, 5.41) is 15.2. The van der Waals surface area contributed by atoms with Gasteiger partial charge in [-0.05, 0) is 53.9 Å². The van der Waals surface area contributed by atoms with Crippen LogP contribution >= 0.6 is 0 Å². The summed E-state index contributed by atoms with van der Waals surface area (Å²) in [7, 11) is 0. The molecule has 178 valence electrons. The van der Waals surface area contributed by atoms with Gasteiger partial charge in [-0.15, -0.1) is 0 Å². The van der Waals surface area contributed by atoms with Crippen molar-refractivity contribution in [1.82, 2.24) is 15.8 Å². The van der Waals surface area contributed by atoms with Crippen molar-refractivity contribution in [3.05, 3.63) is 95.6 Å². The van der Waals surface area contributed by atoms with Crippen LogP contribution in [0.2, 0.25) is 0 Å². The van der Waals surface area contributed by atoms with Gasteiger partial charge >= 0.3 is 0 Å². The van der Waals surface area contributed by atoms with E-state index in [0.717, 1.165) is 16.3 Å². The predicted molar refractivity (Wildman–Crippen MR) is 128 cm³/mol. The van der Waals surface area contributed by atoms with E-state index in [0.29, 0.717) is 12.0 Å². The first kappa shape index (κ1) is 24.7. The molecule has 8 nitrogen and oxygen atoms in total. The number of nitrogens with two attached hydrogens (primary N) is 2. The number of benzene rings is 3. The van der Waals surface area contributed by atoms with Crippen LogP contribution in [0.25, 0.3) is 10.8 Å². The van der Waals surface area contributed by atoms with Gasteiger partial charge in [0.25, 0.3) is 5.91 Å². The third-order valence-corrected chi connectivity index (χ3v) is 5.50. The fourth-order valence-electron chi connectivity index (χ4n) is 3.53. The molecule has 0 radical (unpaired) electrons. The monoisotopic (exact) mass is 465 g/mol. The lowest BCUT2D eigenvalue weighted by molar-refractivity contribution is -0.130. The van der Waals surface area contributed by atoms with Gasteiger partial charge in [-0.1, -0.05) is 42.5 Å². The molecule has 0 heterocycles. The van der Waals surface area contributed by atoms with Crippen LogP contribution in [0.1, 0.15) is 29.3 Å². The Morgan fingerprint density at radius 1 is 1.09 bits per heavy atom. The SMILES string of the molecule is CC(NC(=O)c1ccc(F)cc1)/C(N)=C/N(N)C(CC(=O)NO)Cc1ccc2ccccc2c1. The second kappa shape index (κ2) is 11.3. The van der Waals surface area contributed by atoms with E-state index in [2.05, 4.69) is 5.32 Å². The number of hydrazine groups is 1. The minimum atomic E-state index is -0.592. The lowest BCUT2D eigenvalue weighted by Crippen LogP contribution is -2.44. The number of amides is 2. The number of fused-ring (bicyclic) bond motifs is 1. The number of nitrogens with one attached hydrogen (secondary N) is 2. The molecule has 0 fully saturated rings. The highest BCUT2D eigenvalue weighted by Crippen LogP contribution is 2.19. The first-order valence-electron chi connectivity index (χ1n) is 10.7. The van der Waals surface area contributed by atoms with E-state index in [1.807, 2.05) is 42.5 Å². The molecule has 34 heavy (non-hydrogen) atoms. The van der Waals surface area contributed by atoms with E-state index in [4.69, 9.17) is 16.8 Å². The highest BCUT2D eigenvalue weighted by Gasteiger charge is 2.20. The van der Waals surface area contributed by atoms with Gasteiger partial charge in [0, 0.05) is 17.5 Å². The number of carbonyl (C=O) groups is 2. The normalized spacial score (nSPS) is 13.2. The zero-order valence-corrected chi connectivity index (χ0v) is 18.7. The van der Waals surface area contributed by atoms with E-state index in [1.165, 1.54) is 35.5 Å². The molecule has 2 amide bonds. The summed E-state index contributed by atoms with van der Waals surface area (Å²) in [5.41, 5.74) is 9.29. The maximum Gasteiger partial charge on any atom is 0.251 e. The highest BCUT2D eigenvalue weighted by molar-refractivity contribution is 5.94. The molecular formula is C25H28FN5O3. The molecule has 2 unspecified atom stereocenters. The Hall–Kier alpha value is -3.95. The van der Waals surface area contributed by atoms with E-state index in [9.17, 15) is 14.0 Å². The van der Waals surface area contributed by atoms with Gasteiger partial charge in [-0.2, -0.15) is 0 Å². The van der Waals surface area contributed by atoms with E-state index < -0.39 is 29.7 Å². The molecule has 0 aromatic heterocycles. The average Bonchev–Trinajstić information content (AvgIpc) is 2.83. The minimum absolute atomic E-state index is 0.0834. The summed E-state index contributed by atoms with van der Waals surface area (Å²) in [5.74, 6) is 4.79. The van der Waals surface area contributed by atoms with Crippen LogP contribution in [0.15, 0.2) is 78.6 Å². The summed E-state index contributed by atoms with van der Waals surface area (Å²) < 4.78 is 13.1. The van der Waals surface area contributed by atoms with Crippen molar-refractivity contribution < 1.29 is 19.2 Å². The fraction of sp³-hybridized carbons (Fsp3) is 0.200. The van der Waals surface area contributed by atoms with Gasteiger partial charge in [0.05, 0.1) is 18.5 Å². The number of nitrogens with zero attached hydrogens (tertiary/aromatic N) is 1. The average molecular weight is 466 g/mol. The molecule has 0 aliphatic rings. The molecule has 0 aliphatic heterocycles. The summed E-state index contributed by atoms with van der Waals surface area (Å²) in [6.07, 6.45) is 1.78. The molecule has 3 aromatic rings. The van der Waals surface area contributed by atoms with Crippen LogP contribution < -0.4 is 22.4 Å². The maximum absolute atomic E-state index is 13.1. The Kier molecular flexibility index (Phi) is 8.18. The van der Waals surface area contributed by atoms with Crippen molar-refractivity contribution in [3.63, 3.8) is 0 Å². The van der Waals surface area contributed by atoms with Gasteiger partial charge in [0.15, 0.2) is 0 Å². The highest BCUT2D eigenvalue weighted by atomic mass is 19.1. The standard InChI is InChI=1S/C25H28FN5O3/c1-16(29-25(33)19-8-10-21(26)11-9-19)23(27)15-31(28)22(14-24(32)30-34)13-17-6-7-18-4-2-3-5-20(18)12-17/h2-12,15-16,22,34H,13-14,27-28H2,1H3,(H,29,33)(H,30,32)/b23-15-. The zero-order chi connectivity index (χ0) is 24.7. The topological polar surface area (TPSA) is 134 Å². The van der Waals surface area contributed by atoms with E-state index in [1.54, 1.807) is 12.4 Å². The number of halogens is 1. The van der Waals surface area contributed by atoms with Gasteiger partial charge < -0.3 is 16.1 Å². The lowest BCUT2D eigenvalue weighted by Gasteiger charge is -2.27. The third-order valence-electron chi connectivity index (χ3n) is 5.50. The molecule has 3 rings (SSSR count). The maximum atomic E-state index is 13.1. The zero-order valence-electron chi connectivity index (χ0n) is 18.7. The van der Waals surface area contributed by atoms with E-state index >= 15 is 0 Å². The van der Waals surface area contributed by atoms with Crippen LogP contribution in [-0.2, 0) is 11.2 Å². The largest absolute Gasteiger partial charge is 0.399 e. The summed E-state index contributed by atoms with van der Waals surface area (Å²) in [6.45, 7) is 1.68. The molecule has 2 atom stereocenters. The van der Waals surface area contributed by atoms with Crippen molar-refractivity contribution in [1.29, 1.82) is 0 Å². The number of carbonyl (C=O) groups excluding carboxylic acids is 2. The third kappa shape index (κ3) is 6.53. The van der Waals surface area contributed by atoms with Crippen molar-refractivity contribution in [3.8, 4) is 0 Å². The number of rotatable bonds is 9. The van der Waals surface area contributed by atoms with Crippen molar-refractivity contribution >= 4 is 22.6 Å². The molecule has 0 saturated heterocycles. The summed E-state index contributed by atoms with van der Waals surface area (Å²) in [6, 6.07) is 17.9. The molecule has 7 N–H and O–H groups in total. The number of hydrogen-bond donors (Lipinski definition) is 5. The molecule has 0 aliphatic carbocycles. The predicted octanol–water partition coefficient (Wildman–Crippen LogP) is 2.58. The molecular weight excluding hydrogens is 437 g/mol. The first-order valence-corrected chi connectivity index (χ1v) is 10.7. The first-order chi connectivity index (χ1) is 16.3. The second-order valence-corrected chi connectivity index (χ2v) is 8.06.